The third kappa shape index (κ3) is 5.56. The predicted molar refractivity (Wildman–Crippen MR) is 203 cm³/mol. The van der Waals surface area contributed by atoms with E-state index in [1.807, 2.05) is 0 Å². The molecular formula is C43H72N2O4S. The Morgan fingerprint density at radius 2 is 1.72 bits per heavy atom. The molecule has 0 aromatic heterocycles. The number of hydrogen-bond acceptors (Lipinski definition) is 6. The van der Waals surface area contributed by atoms with Gasteiger partial charge in [0.1, 0.15) is 23.9 Å². The number of nitrogens with one attached hydrogen (secondary N) is 1. The van der Waals surface area contributed by atoms with Crippen molar-refractivity contribution in [3.8, 4) is 0 Å². The molecule has 1 saturated heterocycles. The summed E-state index contributed by atoms with van der Waals surface area (Å²) in [5.74, 6) is 5.49. The number of esters is 1. The number of ether oxygens (including phenoxy) is 1. The first-order valence-electron chi connectivity index (χ1n) is 21.2. The van der Waals surface area contributed by atoms with E-state index in [0.29, 0.717) is 35.3 Å². The second-order valence-electron chi connectivity index (χ2n) is 20.2. The van der Waals surface area contributed by atoms with Gasteiger partial charge in [-0.2, -0.15) is 0 Å². The van der Waals surface area contributed by atoms with Crippen LogP contribution in [0, 0.1) is 69.0 Å². The van der Waals surface area contributed by atoms with Crippen LogP contribution in [0.1, 0.15) is 139 Å². The summed E-state index contributed by atoms with van der Waals surface area (Å²) in [7, 11) is 0. The molecule has 7 heteroatoms. The van der Waals surface area contributed by atoms with Crippen LogP contribution in [0.3, 0.4) is 0 Å². The normalized spacial score (nSPS) is 48.0. The molecule has 0 aromatic carbocycles. The highest BCUT2D eigenvalue weighted by molar-refractivity contribution is 7.91. The van der Waals surface area contributed by atoms with Gasteiger partial charge in [-0.1, -0.05) is 73.0 Å². The number of nitrogens with zero attached hydrogens (tertiary/aromatic N) is 1. The summed E-state index contributed by atoms with van der Waals surface area (Å²) in [6.07, 6.45) is 17.1. The van der Waals surface area contributed by atoms with Crippen LogP contribution in [0.4, 0.5) is 0 Å². The van der Waals surface area contributed by atoms with Crippen molar-refractivity contribution in [3.63, 3.8) is 0 Å². The zero-order valence-electron chi connectivity index (χ0n) is 33.1. The van der Waals surface area contributed by atoms with Crippen molar-refractivity contribution in [2.24, 2.45) is 69.0 Å². The van der Waals surface area contributed by atoms with Gasteiger partial charge in [0.25, 0.3) is 0 Å². The topological polar surface area (TPSA) is 81.7 Å². The Bertz CT molecular complexity index is 1270. The molecule has 0 radical (unpaired) electrons. The average molecular weight is 713 g/mol. The van der Waals surface area contributed by atoms with Gasteiger partial charge in [-0.3, -0.25) is 9.69 Å². The summed E-state index contributed by atoms with van der Waals surface area (Å²) in [4.78, 5) is 27.8. The van der Waals surface area contributed by atoms with Crippen molar-refractivity contribution in [1.29, 1.82) is 0 Å². The molecule has 7 rings (SSSR count). The van der Waals surface area contributed by atoms with Gasteiger partial charge in [0, 0.05) is 37.1 Å². The quantitative estimate of drug-likeness (QED) is 0.148. The van der Waals surface area contributed by atoms with Gasteiger partial charge < -0.3 is 19.4 Å². The summed E-state index contributed by atoms with van der Waals surface area (Å²) >= 11 is -0.619. The fourth-order valence-corrected chi connectivity index (χ4v) is 16.5. The van der Waals surface area contributed by atoms with E-state index in [2.05, 4.69) is 65.6 Å². The molecule has 6 nitrogen and oxygen atoms in total. The third-order valence-electron chi connectivity index (χ3n) is 18.4. The van der Waals surface area contributed by atoms with Crippen LogP contribution in [0.5, 0.6) is 0 Å². The standard InChI is InChI=1S/C43H72N2O4S/c1-9-31(45-21-23-50(48)24-22-45)26-44-42-16-10-11-34(42)32-12-13-37-40(7,33(32)14-18-42)19-20-43(28(2)3)29(4)36(15-17-41(37,43)8)49-38(47)35-25-30(27-46)39(35,5)6/h27-37,44H,9-26H2,1-8H3/t29?,30?,31?,32?,33?,34-,35?,36?,37?,40?,41?,42?,43?/m1/s1. The van der Waals surface area contributed by atoms with Crippen LogP contribution in [-0.2, 0) is 25.5 Å². The molecule has 6 aliphatic carbocycles. The summed E-state index contributed by atoms with van der Waals surface area (Å²) < 4.78 is 18.6. The lowest BCUT2D eigenvalue weighted by Gasteiger charge is -2.73. The lowest BCUT2D eigenvalue weighted by atomic mass is 9.32. The molecule has 1 aliphatic heterocycles. The average Bonchev–Trinajstić information content (AvgIpc) is 3.51. The van der Waals surface area contributed by atoms with Crippen molar-refractivity contribution < 1.29 is 18.9 Å². The molecule has 284 valence electrons. The van der Waals surface area contributed by atoms with E-state index in [1.54, 1.807) is 0 Å². The molecule has 7 fully saturated rings. The minimum atomic E-state index is -0.619. The van der Waals surface area contributed by atoms with Crippen LogP contribution in [0.25, 0.3) is 0 Å². The minimum absolute atomic E-state index is 0.0244. The zero-order valence-corrected chi connectivity index (χ0v) is 33.9. The van der Waals surface area contributed by atoms with Crippen molar-refractivity contribution in [1.82, 2.24) is 10.2 Å². The third-order valence-corrected chi connectivity index (χ3v) is 19.7. The first kappa shape index (κ1) is 37.7. The molecule has 50 heavy (non-hydrogen) atoms. The lowest BCUT2D eigenvalue weighted by Crippen LogP contribution is -2.68. The molecule has 1 heterocycles. The monoisotopic (exact) mass is 713 g/mol. The first-order valence-corrected chi connectivity index (χ1v) is 22.7. The van der Waals surface area contributed by atoms with Gasteiger partial charge in [0.05, 0.1) is 5.92 Å². The van der Waals surface area contributed by atoms with Crippen molar-refractivity contribution in [2.45, 2.75) is 157 Å². The van der Waals surface area contributed by atoms with Crippen molar-refractivity contribution >= 4 is 23.4 Å². The highest BCUT2D eigenvalue weighted by Gasteiger charge is 2.70. The second kappa shape index (κ2) is 13.6. The number of fused-ring (bicyclic) bond motifs is 7. The summed E-state index contributed by atoms with van der Waals surface area (Å²) in [6.45, 7) is 22.4. The van der Waals surface area contributed by atoms with Gasteiger partial charge in [-0.05, 0) is 134 Å². The highest BCUT2D eigenvalue weighted by atomic mass is 32.2. The van der Waals surface area contributed by atoms with Crippen molar-refractivity contribution in [3.05, 3.63) is 0 Å². The Balaban J connectivity index is 1.07. The van der Waals surface area contributed by atoms with Gasteiger partial charge in [0.15, 0.2) is 0 Å². The Morgan fingerprint density at radius 3 is 2.38 bits per heavy atom. The van der Waals surface area contributed by atoms with Crippen LogP contribution in [0.15, 0.2) is 0 Å². The van der Waals surface area contributed by atoms with E-state index in [1.165, 1.54) is 64.2 Å². The van der Waals surface area contributed by atoms with E-state index in [-0.39, 0.29) is 40.2 Å². The molecule has 0 amide bonds. The van der Waals surface area contributed by atoms with E-state index < -0.39 is 11.2 Å². The van der Waals surface area contributed by atoms with Crippen molar-refractivity contribution in [2.75, 3.05) is 31.1 Å². The minimum Gasteiger partial charge on any atom is -0.616 e. The van der Waals surface area contributed by atoms with Crippen LogP contribution >= 0.6 is 0 Å². The Hall–Kier alpha value is -0.630. The molecule has 1 N–H and O–H groups in total. The first-order chi connectivity index (χ1) is 23.7. The van der Waals surface area contributed by atoms with Gasteiger partial charge in [-0.15, -0.1) is 0 Å². The van der Waals surface area contributed by atoms with Gasteiger partial charge in [-0.25, -0.2) is 0 Å². The zero-order chi connectivity index (χ0) is 35.9. The van der Waals surface area contributed by atoms with Gasteiger partial charge >= 0.3 is 5.97 Å². The maximum Gasteiger partial charge on any atom is 0.309 e. The summed E-state index contributed by atoms with van der Waals surface area (Å²) in [6, 6.07) is 0.557. The summed E-state index contributed by atoms with van der Waals surface area (Å²) in [5, 5.41) is 4.32. The van der Waals surface area contributed by atoms with Crippen LogP contribution in [0.2, 0.25) is 0 Å². The molecular weight excluding hydrogens is 641 g/mol. The van der Waals surface area contributed by atoms with E-state index >= 15 is 0 Å². The fourth-order valence-electron chi connectivity index (χ4n) is 15.4. The Kier molecular flexibility index (Phi) is 10.2. The lowest BCUT2D eigenvalue weighted by molar-refractivity contribution is -0.255. The smallest absolute Gasteiger partial charge is 0.309 e. The highest BCUT2D eigenvalue weighted by Crippen LogP contribution is 2.76. The number of aldehydes is 1. The number of carbonyl (C=O) groups is 2. The van der Waals surface area contributed by atoms with Gasteiger partial charge in [0.2, 0.25) is 0 Å². The van der Waals surface area contributed by atoms with E-state index in [9.17, 15) is 14.1 Å². The van der Waals surface area contributed by atoms with Crippen LogP contribution < -0.4 is 5.32 Å². The Labute approximate surface area is 308 Å². The molecule has 12 unspecified atom stereocenters. The van der Waals surface area contributed by atoms with E-state index in [0.717, 1.165) is 73.9 Å². The van der Waals surface area contributed by atoms with Crippen LogP contribution in [-0.4, -0.2) is 70.5 Å². The molecule has 7 aliphatic rings. The molecule has 13 atom stereocenters. The molecule has 0 bridgehead atoms. The number of carbonyl (C=O) groups excluding carboxylic acids is 2. The SMILES string of the molecule is CCC(CNC12CCC[C@@H]1C1CCC3C(C)(CCC4(C(C)C)C(C)C(OC(=O)C5CC(C=O)C5(C)C)CCC34C)C1CC2)N1CC[S+]([O-])CC1. The Morgan fingerprint density at radius 1 is 0.980 bits per heavy atom. The maximum atomic E-state index is 13.6. The summed E-state index contributed by atoms with van der Waals surface area (Å²) in [5.41, 5.74) is 0.801. The number of rotatable bonds is 9. The molecule has 0 spiro atoms. The number of hydrogen-bond donors (Lipinski definition) is 1. The maximum absolute atomic E-state index is 13.6. The van der Waals surface area contributed by atoms with E-state index in [4.69, 9.17) is 4.74 Å². The second-order valence-corrected chi connectivity index (χ2v) is 21.9. The molecule has 6 saturated carbocycles. The predicted octanol–water partition coefficient (Wildman–Crippen LogP) is 8.05. The fraction of sp³-hybridized carbons (Fsp3) is 0.953. The largest absolute Gasteiger partial charge is 0.616 e. The molecule has 0 aromatic rings.